The number of hydrogen-bond donors (Lipinski definition) is 1. The van der Waals surface area contributed by atoms with Gasteiger partial charge in [-0.15, -0.1) is 0 Å². The number of para-hydroxylation sites is 1. The second kappa shape index (κ2) is 4.36. The molecule has 4 heteroatoms. The molecule has 0 bridgehead atoms. The van der Waals surface area contributed by atoms with Crippen LogP contribution in [0, 0.1) is 6.92 Å². The van der Waals surface area contributed by atoms with Crippen molar-refractivity contribution in [2.24, 2.45) is 5.73 Å². The highest BCUT2D eigenvalue weighted by Gasteiger charge is 2.09. The quantitative estimate of drug-likeness (QED) is 0.814. The van der Waals surface area contributed by atoms with Gasteiger partial charge < -0.3 is 5.73 Å². The highest BCUT2D eigenvalue weighted by atomic mass is 35.5. The number of benzene rings is 1. The first-order valence-electron chi connectivity index (χ1n) is 5.25. The fraction of sp³-hybridized carbons (Fsp3) is 0.333. The number of nitrogens with two attached hydrogens (primary N) is 1. The summed E-state index contributed by atoms with van der Waals surface area (Å²) in [6, 6.07) is 6.09. The molecule has 1 unspecified atom stereocenters. The second-order valence-electron chi connectivity index (χ2n) is 4.09. The fourth-order valence-electron chi connectivity index (χ4n) is 1.79. The van der Waals surface area contributed by atoms with Gasteiger partial charge in [-0.1, -0.05) is 18.2 Å². The topological polar surface area (TPSA) is 51.8 Å². The number of aryl methyl sites for hydroxylation is 1. The number of hydrogen-bond acceptors (Lipinski definition) is 3. The summed E-state index contributed by atoms with van der Waals surface area (Å²) >= 11 is 5.92. The molecule has 0 saturated carbocycles. The molecule has 2 aromatic rings. The van der Waals surface area contributed by atoms with E-state index in [0.717, 1.165) is 22.2 Å². The van der Waals surface area contributed by atoms with E-state index in [2.05, 4.69) is 9.97 Å². The standard InChI is InChI=1S/C12H14ClN3/c1-7-4-3-5-9-10(6-8(2)14)15-12(13)16-11(7)9/h3-5,8H,6,14H2,1-2H3. The number of fused-ring (bicyclic) bond motifs is 1. The van der Waals surface area contributed by atoms with Crippen molar-refractivity contribution in [3.63, 3.8) is 0 Å². The van der Waals surface area contributed by atoms with Crippen LogP contribution in [-0.2, 0) is 6.42 Å². The van der Waals surface area contributed by atoms with Crippen molar-refractivity contribution in [3.05, 3.63) is 34.7 Å². The van der Waals surface area contributed by atoms with Crippen molar-refractivity contribution in [1.29, 1.82) is 0 Å². The molecular formula is C12H14ClN3. The van der Waals surface area contributed by atoms with E-state index in [1.54, 1.807) is 0 Å². The largest absolute Gasteiger partial charge is 0.328 e. The van der Waals surface area contributed by atoms with Crippen molar-refractivity contribution < 1.29 is 0 Å². The lowest BCUT2D eigenvalue weighted by Crippen LogP contribution is -2.19. The molecule has 1 aromatic heterocycles. The Kier molecular flexibility index (Phi) is 3.08. The van der Waals surface area contributed by atoms with Gasteiger partial charge in [0, 0.05) is 17.8 Å². The number of rotatable bonds is 2. The van der Waals surface area contributed by atoms with Crippen LogP contribution in [0.5, 0.6) is 0 Å². The third-order valence-corrected chi connectivity index (χ3v) is 2.66. The maximum absolute atomic E-state index is 5.92. The minimum Gasteiger partial charge on any atom is -0.328 e. The van der Waals surface area contributed by atoms with Gasteiger partial charge in [0.05, 0.1) is 11.2 Å². The van der Waals surface area contributed by atoms with Crippen molar-refractivity contribution in [1.82, 2.24) is 9.97 Å². The third kappa shape index (κ3) is 2.15. The summed E-state index contributed by atoms with van der Waals surface area (Å²) in [6.07, 6.45) is 0.711. The first-order valence-corrected chi connectivity index (χ1v) is 5.63. The van der Waals surface area contributed by atoms with E-state index in [-0.39, 0.29) is 11.3 Å². The molecule has 0 aliphatic heterocycles. The lowest BCUT2D eigenvalue weighted by molar-refractivity contribution is 0.725. The molecule has 2 N–H and O–H groups in total. The second-order valence-corrected chi connectivity index (χ2v) is 4.43. The van der Waals surface area contributed by atoms with Crippen LogP contribution < -0.4 is 5.73 Å². The summed E-state index contributed by atoms with van der Waals surface area (Å²) in [5.41, 5.74) is 8.74. The molecule has 84 valence electrons. The van der Waals surface area contributed by atoms with E-state index < -0.39 is 0 Å². The molecule has 0 aliphatic rings. The van der Waals surface area contributed by atoms with E-state index in [9.17, 15) is 0 Å². The molecule has 3 nitrogen and oxygen atoms in total. The Morgan fingerprint density at radius 3 is 2.81 bits per heavy atom. The maximum atomic E-state index is 5.92. The Hall–Kier alpha value is -1.19. The number of halogens is 1. The Morgan fingerprint density at radius 2 is 2.12 bits per heavy atom. The van der Waals surface area contributed by atoms with Gasteiger partial charge in [-0.2, -0.15) is 0 Å². The van der Waals surface area contributed by atoms with E-state index in [1.807, 2.05) is 32.0 Å². The predicted molar refractivity (Wildman–Crippen MR) is 66.6 cm³/mol. The number of nitrogens with zero attached hydrogens (tertiary/aromatic N) is 2. The van der Waals surface area contributed by atoms with Gasteiger partial charge in [0.2, 0.25) is 5.28 Å². The normalized spacial score (nSPS) is 13.0. The zero-order valence-electron chi connectivity index (χ0n) is 9.37. The molecule has 1 heterocycles. The van der Waals surface area contributed by atoms with E-state index in [0.29, 0.717) is 6.42 Å². The average Bonchev–Trinajstić information content (AvgIpc) is 2.18. The molecule has 0 spiro atoms. The number of aromatic nitrogens is 2. The average molecular weight is 236 g/mol. The Morgan fingerprint density at radius 1 is 1.38 bits per heavy atom. The summed E-state index contributed by atoms with van der Waals surface area (Å²) < 4.78 is 0. The summed E-state index contributed by atoms with van der Waals surface area (Å²) in [7, 11) is 0. The molecule has 0 aliphatic carbocycles. The molecule has 1 atom stereocenters. The first kappa shape index (κ1) is 11.3. The zero-order valence-corrected chi connectivity index (χ0v) is 10.1. The lowest BCUT2D eigenvalue weighted by atomic mass is 10.1. The molecule has 0 amide bonds. The highest BCUT2D eigenvalue weighted by Crippen LogP contribution is 2.21. The Bertz CT molecular complexity index is 523. The smallest absolute Gasteiger partial charge is 0.223 e. The van der Waals surface area contributed by atoms with E-state index in [1.165, 1.54) is 0 Å². The monoisotopic (exact) mass is 235 g/mol. The van der Waals surface area contributed by atoms with Gasteiger partial charge in [0.25, 0.3) is 0 Å². The minimum atomic E-state index is 0.0645. The summed E-state index contributed by atoms with van der Waals surface area (Å²) in [6.45, 7) is 3.97. The van der Waals surface area contributed by atoms with Crippen LogP contribution >= 0.6 is 11.6 Å². The highest BCUT2D eigenvalue weighted by molar-refractivity contribution is 6.28. The van der Waals surface area contributed by atoms with Gasteiger partial charge in [-0.3, -0.25) is 0 Å². The van der Waals surface area contributed by atoms with Crippen molar-refractivity contribution >= 4 is 22.5 Å². The van der Waals surface area contributed by atoms with E-state index >= 15 is 0 Å². The molecule has 2 rings (SSSR count). The van der Waals surface area contributed by atoms with Crippen LogP contribution in [-0.4, -0.2) is 16.0 Å². The van der Waals surface area contributed by atoms with Crippen molar-refractivity contribution in [2.75, 3.05) is 0 Å². The molecule has 0 fully saturated rings. The van der Waals surface area contributed by atoms with Gasteiger partial charge in [-0.25, -0.2) is 9.97 Å². The lowest BCUT2D eigenvalue weighted by Gasteiger charge is -2.09. The first-order chi connectivity index (χ1) is 7.58. The molecule has 16 heavy (non-hydrogen) atoms. The predicted octanol–water partition coefficient (Wildman–Crippen LogP) is 2.48. The Balaban J connectivity index is 2.68. The zero-order chi connectivity index (χ0) is 11.7. The van der Waals surface area contributed by atoms with Crippen LogP contribution in [0.4, 0.5) is 0 Å². The summed E-state index contributed by atoms with van der Waals surface area (Å²) in [5.74, 6) is 0. The minimum absolute atomic E-state index is 0.0645. The van der Waals surface area contributed by atoms with Crippen LogP contribution in [0.1, 0.15) is 18.2 Å². The molecule has 0 radical (unpaired) electrons. The summed E-state index contributed by atoms with van der Waals surface area (Å²) in [5, 5.41) is 1.33. The van der Waals surface area contributed by atoms with Gasteiger partial charge in [-0.05, 0) is 31.0 Å². The maximum Gasteiger partial charge on any atom is 0.223 e. The molecular weight excluding hydrogens is 222 g/mol. The fourth-order valence-corrected chi connectivity index (χ4v) is 1.98. The van der Waals surface area contributed by atoms with E-state index in [4.69, 9.17) is 17.3 Å². The van der Waals surface area contributed by atoms with Gasteiger partial charge in [0.15, 0.2) is 0 Å². The van der Waals surface area contributed by atoms with Gasteiger partial charge >= 0.3 is 0 Å². The SMILES string of the molecule is Cc1cccc2c(CC(C)N)nc(Cl)nc12. The van der Waals surface area contributed by atoms with Crippen LogP contribution in [0.15, 0.2) is 18.2 Å². The van der Waals surface area contributed by atoms with Crippen molar-refractivity contribution in [2.45, 2.75) is 26.3 Å². The van der Waals surface area contributed by atoms with Crippen LogP contribution in [0.3, 0.4) is 0 Å². The molecule has 1 aromatic carbocycles. The van der Waals surface area contributed by atoms with Crippen LogP contribution in [0.25, 0.3) is 10.9 Å². The Labute approximate surface area is 99.7 Å². The molecule has 0 saturated heterocycles. The third-order valence-electron chi connectivity index (χ3n) is 2.50. The van der Waals surface area contributed by atoms with Crippen molar-refractivity contribution in [3.8, 4) is 0 Å². The van der Waals surface area contributed by atoms with Gasteiger partial charge in [0.1, 0.15) is 0 Å². The van der Waals surface area contributed by atoms with Crippen LogP contribution in [0.2, 0.25) is 5.28 Å². The summed E-state index contributed by atoms with van der Waals surface area (Å²) in [4.78, 5) is 8.51.